The van der Waals surface area contributed by atoms with Crippen LogP contribution in [0.5, 0.6) is 0 Å². The van der Waals surface area contributed by atoms with Crippen molar-refractivity contribution in [2.45, 2.75) is 25.4 Å². The summed E-state index contributed by atoms with van der Waals surface area (Å²) in [7, 11) is 3.86. The zero-order valence-electron chi connectivity index (χ0n) is 9.35. The molecule has 1 fully saturated rings. The second kappa shape index (κ2) is 4.67. The lowest BCUT2D eigenvalue weighted by molar-refractivity contribution is 0.315. The van der Waals surface area contributed by atoms with Crippen LogP contribution >= 0.6 is 0 Å². The molecule has 1 aliphatic rings. The summed E-state index contributed by atoms with van der Waals surface area (Å²) in [6, 6.07) is 0.785. The van der Waals surface area contributed by atoms with Gasteiger partial charge in [-0.1, -0.05) is 0 Å². The molecule has 0 unspecified atom stereocenters. The summed E-state index contributed by atoms with van der Waals surface area (Å²) in [5, 5.41) is 15.4. The monoisotopic (exact) mass is 210 g/mol. The number of aromatic nitrogens is 4. The third kappa shape index (κ3) is 3.56. The molecule has 0 radical (unpaired) electrons. The summed E-state index contributed by atoms with van der Waals surface area (Å²) in [6.45, 7) is 2.83. The van der Waals surface area contributed by atoms with Gasteiger partial charge in [0.2, 0.25) is 0 Å². The summed E-state index contributed by atoms with van der Waals surface area (Å²) >= 11 is 0. The van der Waals surface area contributed by atoms with E-state index in [0.717, 1.165) is 31.5 Å². The molecule has 1 aromatic rings. The molecule has 0 aromatic carbocycles. The summed E-state index contributed by atoms with van der Waals surface area (Å²) in [5.41, 5.74) is 0. The average Bonchev–Trinajstić information content (AvgIpc) is 2.91. The number of hydrogen-bond acceptors (Lipinski definition) is 5. The predicted octanol–water partition coefficient (Wildman–Crippen LogP) is -0.606. The summed E-state index contributed by atoms with van der Waals surface area (Å²) in [5.74, 6) is 0.784. The first kappa shape index (κ1) is 10.5. The Bertz CT molecular complexity index is 305. The van der Waals surface area contributed by atoms with Gasteiger partial charge in [0.25, 0.3) is 0 Å². The van der Waals surface area contributed by atoms with Gasteiger partial charge >= 0.3 is 0 Å². The van der Waals surface area contributed by atoms with Gasteiger partial charge in [0, 0.05) is 19.1 Å². The van der Waals surface area contributed by atoms with E-state index < -0.39 is 0 Å². The van der Waals surface area contributed by atoms with Crippen LogP contribution < -0.4 is 5.32 Å². The van der Waals surface area contributed by atoms with Crippen molar-refractivity contribution in [3.05, 3.63) is 5.82 Å². The summed E-state index contributed by atoms with van der Waals surface area (Å²) < 4.78 is 0. The Morgan fingerprint density at radius 3 is 2.93 bits per heavy atom. The van der Waals surface area contributed by atoms with Crippen molar-refractivity contribution in [2.75, 3.05) is 20.1 Å². The van der Waals surface area contributed by atoms with Gasteiger partial charge in [0.15, 0.2) is 5.82 Å². The van der Waals surface area contributed by atoms with Gasteiger partial charge in [-0.25, -0.2) is 0 Å². The number of aryl methyl sites for hydroxylation is 1. The van der Waals surface area contributed by atoms with E-state index in [4.69, 9.17) is 0 Å². The van der Waals surface area contributed by atoms with E-state index in [1.165, 1.54) is 17.6 Å². The molecule has 0 bridgehead atoms. The lowest BCUT2D eigenvalue weighted by Gasteiger charge is -2.14. The minimum absolute atomic E-state index is 0.764. The van der Waals surface area contributed by atoms with Crippen molar-refractivity contribution >= 4 is 0 Å². The molecule has 84 valence electrons. The molecule has 1 N–H and O–H groups in total. The van der Waals surface area contributed by atoms with Crippen molar-refractivity contribution in [1.82, 2.24) is 30.4 Å². The SMILES string of the molecule is CN(CCNC1CC1)Cc1nnn(C)n1. The van der Waals surface area contributed by atoms with Crippen molar-refractivity contribution in [3.8, 4) is 0 Å². The molecule has 6 nitrogen and oxygen atoms in total. The van der Waals surface area contributed by atoms with Crippen LogP contribution in [0.15, 0.2) is 0 Å². The van der Waals surface area contributed by atoms with E-state index in [1.54, 1.807) is 7.05 Å². The third-order valence-electron chi connectivity index (χ3n) is 2.46. The first-order valence-corrected chi connectivity index (χ1v) is 5.39. The van der Waals surface area contributed by atoms with Crippen LogP contribution in [-0.2, 0) is 13.6 Å². The maximum absolute atomic E-state index is 4.14. The standard InChI is InChI=1S/C9H18N6/c1-14(6-5-10-8-3-4-8)7-9-11-13-15(2)12-9/h8,10H,3-7H2,1-2H3. The lowest BCUT2D eigenvalue weighted by atomic mass is 10.5. The second-order valence-electron chi connectivity index (χ2n) is 4.16. The minimum atomic E-state index is 0.764. The zero-order chi connectivity index (χ0) is 10.7. The van der Waals surface area contributed by atoms with E-state index in [2.05, 4.69) is 32.7 Å². The molecule has 2 rings (SSSR count). The number of likely N-dealkylation sites (N-methyl/N-ethyl adjacent to an activating group) is 1. The van der Waals surface area contributed by atoms with Gasteiger partial charge in [-0.05, 0) is 25.1 Å². The largest absolute Gasteiger partial charge is 0.313 e. The van der Waals surface area contributed by atoms with E-state index in [0.29, 0.717) is 0 Å². The van der Waals surface area contributed by atoms with Crippen LogP contribution in [0.25, 0.3) is 0 Å². The van der Waals surface area contributed by atoms with Gasteiger partial charge in [0.1, 0.15) is 0 Å². The van der Waals surface area contributed by atoms with Crippen LogP contribution in [0.2, 0.25) is 0 Å². The van der Waals surface area contributed by atoms with Crippen LogP contribution in [0, 0.1) is 0 Å². The highest BCUT2D eigenvalue weighted by Crippen LogP contribution is 2.17. The van der Waals surface area contributed by atoms with Gasteiger partial charge in [-0.2, -0.15) is 4.80 Å². The van der Waals surface area contributed by atoms with Crippen molar-refractivity contribution in [2.24, 2.45) is 7.05 Å². The molecule has 0 aliphatic heterocycles. The fraction of sp³-hybridized carbons (Fsp3) is 0.889. The van der Waals surface area contributed by atoms with E-state index >= 15 is 0 Å². The second-order valence-corrected chi connectivity index (χ2v) is 4.16. The number of nitrogens with zero attached hydrogens (tertiary/aromatic N) is 5. The van der Waals surface area contributed by atoms with Crippen LogP contribution in [0.4, 0.5) is 0 Å². The molecule has 1 heterocycles. The molecule has 1 aliphatic carbocycles. The van der Waals surface area contributed by atoms with Crippen LogP contribution in [0.1, 0.15) is 18.7 Å². The van der Waals surface area contributed by atoms with Crippen LogP contribution in [0.3, 0.4) is 0 Å². The lowest BCUT2D eigenvalue weighted by Crippen LogP contribution is -2.30. The minimum Gasteiger partial charge on any atom is -0.313 e. The number of hydrogen-bond donors (Lipinski definition) is 1. The molecule has 0 spiro atoms. The number of tetrazole rings is 1. The Labute approximate surface area is 89.6 Å². The van der Waals surface area contributed by atoms with Gasteiger partial charge in [-0.3, -0.25) is 4.90 Å². The Morgan fingerprint density at radius 1 is 1.53 bits per heavy atom. The highest BCUT2D eigenvalue weighted by molar-refractivity contribution is 4.81. The van der Waals surface area contributed by atoms with Gasteiger partial charge in [0.05, 0.1) is 13.6 Å². The highest BCUT2D eigenvalue weighted by atomic mass is 15.6. The fourth-order valence-electron chi connectivity index (χ4n) is 1.45. The third-order valence-corrected chi connectivity index (χ3v) is 2.46. The molecular formula is C9H18N6. The zero-order valence-corrected chi connectivity index (χ0v) is 9.35. The summed E-state index contributed by atoms with van der Waals surface area (Å²) in [6.07, 6.45) is 2.69. The molecule has 0 atom stereocenters. The Kier molecular flexibility index (Phi) is 3.27. The maximum Gasteiger partial charge on any atom is 0.188 e. The molecule has 0 saturated heterocycles. The topological polar surface area (TPSA) is 58.9 Å². The molecule has 15 heavy (non-hydrogen) atoms. The average molecular weight is 210 g/mol. The van der Waals surface area contributed by atoms with Crippen molar-refractivity contribution < 1.29 is 0 Å². The smallest absolute Gasteiger partial charge is 0.188 e. The van der Waals surface area contributed by atoms with Crippen molar-refractivity contribution in [1.29, 1.82) is 0 Å². The predicted molar refractivity (Wildman–Crippen MR) is 56.2 cm³/mol. The molecule has 0 amide bonds. The van der Waals surface area contributed by atoms with E-state index in [9.17, 15) is 0 Å². The Morgan fingerprint density at radius 2 is 2.33 bits per heavy atom. The highest BCUT2D eigenvalue weighted by Gasteiger charge is 2.19. The first-order chi connectivity index (χ1) is 7.24. The first-order valence-electron chi connectivity index (χ1n) is 5.39. The molecule has 1 aromatic heterocycles. The van der Waals surface area contributed by atoms with E-state index in [1.807, 2.05) is 0 Å². The number of rotatable bonds is 6. The maximum atomic E-state index is 4.14. The van der Waals surface area contributed by atoms with Gasteiger partial charge in [-0.15, -0.1) is 10.2 Å². The Hall–Kier alpha value is -1.01. The molecule has 6 heteroatoms. The quantitative estimate of drug-likeness (QED) is 0.679. The number of nitrogens with one attached hydrogen (secondary N) is 1. The van der Waals surface area contributed by atoms with Crippen molar-refractivity contribution in [3.63, 3.8) is 0 Å². The fourth-order valence-corrected chi connectivity index (χ4v) is 1.45. The molecular weight excluding hydrogens is 192 g/mol. The molecule has 1 saturated carbocycles. The van der Waals surface area contributed by atoms with Crippen LogP contribution in [-0.4, -0.2) is 51.3 Å². The summed E-state index contributed by atoms with van der Waals surface area (Å²) in [4.78, 5) is 3.69. The Balaban J connectivity index is 1.64. The van der Waals surface area contributed by atoms with E-state index in [-0.39, 0.29) is 0 Å². The normalized spacial score (nSPS) is 16.2. The van der Waals surface area contributed by atoms with Gasteiger partial charge < -0.3 is 5.32 Å².